The predicted molar refractivity (Wildman–Crippen MR) is 110 cm³/mol. The van der Waals surface area contributed by atoms with Crippen LogP contribution >= 0.6 is 0 Å². The Labute approximate surface area is 177 Å². The molecule has 0 aromatic heterocycles. The minimum atomic E-state index is -0.645. The lowest BCUT2D eigenvalue weighted by atomic mass is 10.0. The molecule has 1 amide bonds. The first kappa shape index (κ1) is 22.0. The van der Waals surface area contributed by atoms with Crippen LogP contribution in [-0.2, 0) is 19.1 Å². The Morgan fingerprint density at radius 2 is 1.74 bits per heavy atom. The third-order valence-electron chi connectivity index (χ3n) is 4.76. The quantitative estimate of drug-likeness (QED) is 0.650. The highest BCUT2D eigenvalue weighted by atomic mass is 19.1. The third-order valence-corrected chi connectivity index (χ3v) is 4.76. The molecule has 1 aliphatic heterocycles. The van der Waals surface area contributed by atoms with Gasteiger partial charge < -0.3 is 24.8 Å². The van der Waals surface area contributed by atoms with Crippen LogP contribution in [0, 0.1) is 5.82 Å². The van der Waals surface area contributed by atoms with Crippen LogP contribution in [0.3, 0.4) is 0 Å². The van der Waals surface area contributed by atoms with Gasteiger partial charge >= 0.3 is 11.9 Å². The SMILES string of the molecule is COC(=O)C1=C(Nc2ccc(-c3cc(F)cc(C(=O)OC)c3)cc2)C(=O)N(CCO)C1. The first-order chi connectivity index (χ1) is 14.9. The Kier molecular flexibility index (Phi) is 6.66. The summed E-state index contributed by atoms with van der Waals surface area (Å²) in [4.78, 5) is 37.7. The predicted octanol–water partition coefficient (Wildman–Crippen LogP) is 1.95. The highest BCUT2D eigenvalue weighted by Crippen LogP contribution is 2.27. The summed E-state index contributed by atoms with van der Waals surface area (Å²) in [7, 11) is 2.44. The Morgan fingerprint density at radius 3 is 2.35 bits per heavy atom. The van der Waals surface area contributed by atoms with Crippen molar-refractivity contribution in [2.24, 2.45) is 0 Å². The number of nitrogens with one attached hydrogen (secondary N) is 1. The molecule has 0 atom stereocenters. The molecule has 0 fully saturated rings. The molecule has 1 aliphatic rings. The van der Waals surface area contributed by atoms with Crippen molar-refractivity contribution >= 4 is 23.5 Å². The van der Waals surface area contributed by atoms with Gasteiger partial charge in [-0.3, -0.25) is 4.79 Å². The van der Waals surface area contributed by atoms with Crippen LogP contribution < -0.4 is 5.32 Å². The molecule has 0 spiro atoms. The Bertz CT molecular complexity index is 1050. The topological polar surface area (TPSA) is 105 Å². The number of methoxy groups -OCH3 is 2. The molecule has 2 aromatic rings. The van der Waals surface area contributed by atoms with Crippen LogP contribution in [0.15, 0.2) is 53.7 Å². The lowest BCUT2D eigenvalue weighted by Crippen LogP contribution is -2.31. The van der Waals surface area contributed by atoms with Gasteiger partial charge in [0.25, 0.3) is 5.91 Å². The molecule has 0 unspecified atom stereocenters. The van der Waals surface area contributed by atoms with Gasteiger partial charge in [-0.15, -0.1) is 0 Å². The smallest absolute Gasteiger partial charge is 0.337 e. The minimum absolute atomic E-state index is 0.0338. The molecule has 162 valence electrons. The number of hydrogen-bond donors (Lipinski definition) is 2. The monoisotopic (exact) mass is 428 g/mol. The number of β-amino-alcohol motifs (C(OH)–C–C–N with tert-alkyl or cyclic N) is 1. The van der Waals surface area contributed by atoms with E-state index >= 15 is 0 Å². The number of nitrogens with zero attached hydrogens (tertiary/aromatic N) is 1. The van der Waals surface area contributed by atoms with Gasteiger partial charge in [0.2, 0.25) is 0 Å². The zero-order valence-corrected chi connectivity index (χ0v) is 17.0. The number of ether oxygens (including phenoxy) is 2. The van der Waals surface area contributed by atoms with Crippen molar-refractivity contribution in [3.05, 3.63) is 65.1 Å². The molecule has 3 rings (SSSR count). The molecular weight excluding hydrogens is 407 g/mol. The molecular formula is C22H21FN2O6. The maximum atomic E-state index is 13.9. The molecule has 2 aromatic carbocycles. The third kappa shape index (κ3) is 4.72. The van der Waals surface area contributed by atoms with Crippen LogP contribution in [0.1, 0.15) is 10.4 Å². The van der Waals surface area contributed by atoms with E-state index in [1.807, 2.05) is 0 Å². The summed E-state index contributed by atoms with van der Waals surface area (Å²) in [6, 6.07) is 10.6. The van der Waals surface area contributed by atoms with Crippen molar-refractivity contribution in [3.63, 3.8) is 0 Å². The molecule has 8 nitrogen and oxygen atoms in total. The number of carbonyl (C=O) groups is 3. The fourth-order valence-electron chi connectivity index (χ4n) is 3.23. The van der Waals surface area contributed by atoms with E-state index in [4.69, 9.17) is 9.84 Å². The number of aliphatic hydroxyl groups is 1. The van der Waals surface area contributed by atoms with E-state index in [2.05, 4.69) is 10.1 Å². The maximum Gasteiger partial charge on any atom is 0.337 e. The number of anilines is 1. The summed E-state index contributed by atoms with van der Waals surface area (Å²) in [5, 5.41) is 12.1. The van der Waals surface area contributed by atoms with Gasteiger partial charge in [0, 0.05) is 12.2 Å². The van der Waals surface area contributed by atoms with Crippen molar-refractivity contribution in [2.45, 2.75) is 0 Å². The van der Waals surface area contributed by atoms with Gasteiger partial charge in [-0.1, -0.05) is 12.1 Å². The van der Waals surface area contributed by atoms with Crippen molar-refractivity contribution in [3.8, 4) is 11.1 Å². The highest BCUT2D eigenvalue weighted by Gasteiger charge is 2.34. The van der Waals surface area contributed by atoms with Gasteiger partial charge in [0.1, 0.15) is 11.5 Å². The van der Waals surface area contributed by atoms with Gasteiger partial charge in [0.05, 0.1) is 38.5 Å². The zero-order valence-electron chi connectivity index (χ0n) is 17.0. The van der Waals surface area contributed by atoms with Gasteiger partial charge in [-0.2, -0.15) is 0 Å². The fourth-order valence-corrected chi connectivity index (χ4v) is 3.23. The second-order valence-corrected chi connectivity index (χ2v) is 6.72. The number of carbonyl (C=O) groups excluding carboxylic acids is 3. The number of amides is 1. The van der Waals surface area contributed by atoms with Gasteiger partial charge in [0.15, 0.2) is 0 Å². The number of aliphatic hydroxyl groups excluding tert-OH is 1. The Morgan fingerprint density at radius 1 is 1.06 bits per heavy atom. The molecule has 0 aliphatic carbocycles. The average molecular weight is 428 g/mol. The minimum Gasteiger partial charge on any atom is -0.466 e. The largest absolute Gasteiger partial charge is 0.466 e. The fraction of sp³-hybridized carbons (Fsp3) is 0.227. The first-order valence-corrected chi connectivity index (χ1v) is 9.36. The summed E-state index contributed by atoms with van der Waals surface area (Å²) in [6.45, 7) is -0.110. The van der Waals surface area contributed by atoms with E-state index < -0.39 is 23.7 Å². The van der Waals surface area contributed by atoms with Crippen molar-refractivity contribution in [1.82, 2.24) is 4.90 Å². The molecule has 9 heteroatoms. The van der Waals surface area contributed by atoms with E-state index in [1.165, 1.54) is 31.3 Å². The number of hydrogen-bond acceptors (Lipinski definition) is 7. The van der Waals surface area contributed by atoms with Crippen molar-refractivity contribution in [2.75, 3.05) is 39.2 Å². The number of rotatable bonds is 7. The van der Waals surface area contributed by atoms with Crippen LogP contribution in [0.4, 0.5) is 10.1 Å². The summed E-state index contributed by atoms with van der Waals surface area (Å²) in [6.07, 6.45) is 0. The second-order valence-electron chi connectivity index (χ2n) is 6.72. The summed E-state index contributed by atoms with van der Waals surface area (Å²) in [5.41, 5.74) is 1.96. The first-order valence-electron chi connectivity index (χ1n) is 9.36. The van der Waals surface area contributed by atoms with Gasteiger partial charge in [-0.05, 0) is 41.5 Å². The van der Waals surface area contributed by atoms with Crippen LogP contribution in [-0.4, -0.2) is 61.8 Å². The van der Waals surface area contributed by atoms with E-state index in [0.29, 0.717) is 16.8 Å². The molecule has 0 radical (unpaired) electrons. The van der Waals surface area contributed by atoms with Gasteiger partial charge in [-0.25, -0.2) is 14.0 Å². The Hall–Kier alpha value is -3.72. The molecule has 31 heavy (non-hydrogen) atoms. The van der Waals surface area contributed by atoms with Crippen LogP contribution in [0.25, 0.3) is 11.1 Å². The normalized spacial score (nSPS) is 13.4. The Balaban J connectivity index is 1.86. The number of halogens is 1. The number of benzene rings is 2. The summed E-state index contributed by atoms with van der Waals surface area (Å²) < 4.78 is 23.3. The van der Waals surface area contributed by atoms with Crippen molar-refractivity contribution < 1.29 is 33.4 Å². The lowest BCUT2D eigenvalue weighted by molar-refractivity contribution is -0.136. The standard InChI is InChI=1S/C22H21FN2O6/c1-30-21(28)15-9-14(10-16(23)11-15)13-3-5-17(6-4-13)24-19-18(22(29)31-2)12-25(7-8-26)20(19)27/h3-6,9-11,24,26H,7-8,12H2,1-2H3. The summed E-state index contributed by atoms with van der Waals surface area (Å²) >= 11 is 0. The van der Waals surface area contributed by atoms with E-state index in [-0.39, 0.29) is 36.5 Å². The van der Waals surface area contributed by atoms with Crippen molar-refractivity contribution in [1.29, 1.82) is 0 Å². The van der Waals surface area contributed by atoms with Crippen LogP contribution in [0.2, 0.25) is 0 Å². The van der Waals surface area contributed by atoms with E-state index in [9.17, 15) is 18.8 Å². The second kappa shape index (κ2) is 9.40. The highest BCUT2D eigenvalue weighted by molar-refractivity contribution is 6.08. The molecule has 2 N–H and O–H groups in total. The lowest BCUT2D eigenvalue weighted by Gasteiger charge is -2.15. The zero-order chi connectivity index (χ0) is 22.5. The molecule has 0 bridgehead atoms. The molecule has 0 saturated heterocycles. The molecule has 0 saturated carbocycles. The number of esters is 2. The van der Waals surface area contributed by atoms with E-state index in [0.717, 1.165) is 6.07 Å². The maximum absolute atomic E-state index is 13.9. The average Bonchev–Trinajstić information content (AvgIpc) is 3.08. The van der Waals surface area contributed by atoms with E-state index in [1.54, 1.807) is 24.3 Å². The van der Waals surface area contributed by atoms with Crippen LogP contribution in [0.5, 0.6) is 0 Å². The summed E-state index contributed by atoms with van der Waals surface area (Å²) in [5.74, 6) is -2.28. The molecule has 1 heterocycles.